The molecule has 0 saturated heterocycles. The van der Waals surface area contributed by atoms with Gasteiger partial charge in [-0.15, -0.1) is 0 Å². The second-order valence-corrected chi connectivity index (χ2v) is 5.27. The number of rotatable bonds is 9. The highest BCUT2D eigenvalue weighted by Gasteiger charge is 2.03. The van der Waals surface area contributed by atoms with Gasteiger partial charge in [0.15, 0.2) is 11.6 Å². The first-order valence-corrected chi connectivity index (χ1v) is 7.87. The van der Waals surface area contributed by atoms with E-state index >= 15 is 0 Å². The van der Waals surface area contributed by atoms with E-state index in [9.17, 15) is 19.2 Å². The minimum atomic E-state index is -0.535. The van der Waals surface area contributed by atoms with Gasteiger partial charge in [-0.1, -0.05) is 19.1 Å². The molecule has 1 amide bonds. The molecule has 0 aliphatic carbocycles. The number of anilines is 1. The largest absolute Gasteiger partial charge is 0.463 e. The summed E-state index contributed by atoms with van der Waals surface area (Å²) in [5.41, 5.74) is 1.29. The third-order valence-corrected chi connectivity index (χ3v) is 2.92. The minimum Gasteiger partial charge on any atom is -0.463 e. The van der Waals surface area contributed by atoms with Crippen molar-refractivity contribution in [3.05, 3.63) is 54.1 Å². The fourth-order valence-electron chi connectivity index (χ4n) is 1.75. The highest BCUT2D eigenvalue weighted by Crippen LogP contribution is 2.10. The molecule has 1 aromatic carbocycles. The molecule has 25 heavy (non-hydrogen) atoms. The van der Waals surface area contributed by atoms with Crippen LogP contribution in [-0.2, 0) is 30.3 Å². The fourth-order valence-corrected chi connectivity index (χ4v) is 1.75. The molecule has 0 heterocycles. The molecule has 0 fully saturated rings. The summed E-state index contributed by atoms with van der Waals surface area (Å²) in [6, 6.07) is 6.71. The van der Waals surface area contributed by atoms with Crippen LogP contribution in [-0.4, -0.2) is 30.0 Å². The highest BCUT2D eigenvalue weighted by atomic mass is 16.5. The monoisotopic (exact) mass is 343 g/mol. The normalized spacial score (nSPS) is 10.8. The number of nitrogens with one attached hydrogen (secondary N) is 1. The number of allylic oxidation sites excluding steroid dienone is 2. The molecule has 0 aliphatic rings. The molecule has 0 bridgehead atoms. The van der Waals surface area contributed by atoms with Crippen molar-refractivity contribution >= 4 is 29.1 Å². The Morgan fingerprint density at radius 1 is 1.00 bits per heavy atom. The van der Waals surface area contributed by atoms with Crippen LogP contribution in [0.25, 0.3) is 0 Å². The van der Waals surface area contributed by atoms with Crippen molar-refractivity contribution in [2.45, 2.75) is 26.7 Å². The molecule has 1 N–H and O–H groups in total. The predicted octanol–water partition coefficient (Wildman–Crippen LogP) is 2.39. The smallest absolute Gasteiger partial charge is 0.330 e. The third-order valence-electron chi connectivity index (χ3n) is 2.92. The lowest BCUT2D eigenvalue weighted by atomic mass is 10.1. The van der Waals surface area contributed by atoms with Crippen LogP contribution in [0.15, 0.2) is 48.6 Å². The first-order valence-electron chi connectivity index (χ1n) is 7.87. The second-order valence-electron chi connectivity index (χ2n) is 5.27. The van der Waals surface area contributed by atoms with E-state index in [0.717, 1.165) is 24.1 Å². The summed E-state index contributed by atoms with van der Waals surface area (Å²) in [6.45, 7) is 3.56. The quantitative estimate of drug-likeness (QED) is 0.549. The van der Waals surface area contributed by atoms with Gasteiger partial charge in [-0.05, 0) is 43.2 Å². The summed E-state index contributed by atoms with van der Waals surface area (Å²) in [5, 5.41) is 2.60. The Labute approximate surface area is 146 Å². The molecule has 6 nitrogen and oxygen atoms in total. The second kappa shape index (κ2) is 10.7. The molecule has 0 unspecified atom stereocenters. The van der Waals surface area contributed by atoms with Gasteiger partial charge in [0.05, 0.1) is 6.61 Å². The number of ketones is 2. The Morgan fingerprint density at radius 2 is 1.68 bits per heavy atom. The Morgan fingerprint density at radius 3 is 2.28 bits per heavy atom. The first kappa shape index (κ1) is 20.0. The number of hydrogen-bond acceptors (Lipinski definition) is 5. The average molecular weight is 343 g/mol. The predicted molar refractivity (Wildman–Crippen MR) is 94.0 cm³/mol. The number of amides is 1. The number of esters is 1. The summed E-state index contributed by atoms with van der Waals surface area (Å²) in [5.74, 6) is -1.38. The minimum absolute atomic E-state index is 0.135. The van der Waals surface area contributed by atoms with Crippen LogP contribution < -0.4 is 5.32 Å². The van der Waals surface area contributed by atoms with Crippen molar-refractivity contribution in [3.63, 3.8) is 0 Å². The first-order chi connectivity index (χ1) is 11.9. The van der Waals surface area contributed by atoms with E-state index in [1.807, 2.05) is 6.92 Å². The van der Waals surface area contributed by atoms with Gasteiger partial charge >= 0.3 is 5.97 Å². The number of carbonyl (C=O) groups excluding carboxylic acids is 4. The van der Waals surface area contributed by atoms with Gasteiger partial charge in [-0.2, -0.15) is 0 Å². The zero-order valence-corrected chi connectivity index (χ0v) is 14.3. The summed E-state index contributed by atoms with van der Waals surface area (Å²) >= 11 is 0. The van der Waals surface area contributed by atoms with E-state index in [1.165, 1.54) is 19.1 Å². The molecule has 132 valence electrons. The number of ether oxygens (including phenoxy) is 1. The molecular weight excluding hydrogens is 322 g/mol. The molecule has 0 atom stereocenters. The van der Waals surface area contributed by atoms with E-state index in [4.69, 9.17) is 4.74 Å². The number of carbonyl (C=O) groups is 4. The van der Waals surface area contributed by atoms with Crippen LogP contribution in [0.5, 0.6) is 0 Å². The topological polar surface area (TPSA) is 89.5 Å². The molecule has 0 saturated carbocycles. The molecule has 6 heteroatoms. The van der Waals surface area contributed by atoms with Crippen molar-refractivity contribution in [2.24, 2.45) is 0 Å². The Bertz CT molecular complexity index is 686. The Kier molecular flexibility index (Phi) is 8.57. The lowest BCUT2D eigenvalue weighted by Crippen LogP contribution is -2.08. The molecule has 0 aromatic heterocycles. The van der Waals surface area contributed by atoms with Crippen LogP contribution in [0.2, 0.25) is 0 Å². The highest BCUT2D eigenvalue weighted by molar-refractivity contribution is 6.03. The van der Waals surface area contributed by atoms with E-state index in [2.05, 4.69) is 5.32 Å². The maximum Gasteiger partial charge on any atom is 0.330 e. The molecule has 0 spiro atoms. The standard InChI is InChI=1S/C19H21NO5/c1-3-12-25-19(24)11-9-17(22)13-15-5-7-16(8-6-15)20-18(23)10-4-14(2)21/h4-11H,3,12-13H2,1-2H3,(H,20,23)/b10-4-,11-9-. The van der Waals surface area contributed by atoms with Crippen LogP contribution in [0, 0.1) is 0 Å². The molecule has 0 aliphatic heterocycles. The van der Waals surface area contributed by atoms with Crippen LogP contribution in [0.4, 0.5) is 5.69 Å². The van der Waals surface area contributed by atoms with Gasteiger partial charge in [0.25, 0.3) is 0 Å². The van der Waals surface area contributed by atoms with E-state index < -0.39 is 11.9 Å². The average Bonchev–Trinajstić information content (AvgIpc) is 2.58. The summed E-state index contributed by atoms with van der Waals surface area (Å²) < 4.78 is 4.83. The maximum atomic E-state index is 11.8. The summed E-state index contributed by atoms with van der Waals surface area (Å²) in [6.07, 6.45) is 5.51. The zero-order chi connectivity index (χ0) is 18.7. The van der Waals surface area contributed by atoms with Crippen molar-refractivity contribution in [2.75, 3.05) is 11.9 Å². The molecule has 1 rings (SSSR count). The van der Waals surface area contributed by atoms with Gasteiger partial charge in [0.1, 0.15) is 0 Å². The maximum absolute atomic E-state index is 11.8. The lowest BCUT2D eigenvalue weighted by Gasteiger charge is -2.03. The van der Waals surface area contributed by atoms with E-state index in [-0.39, 0.29) is 18.0 Å². The van der Waals surface area contributed by atoms with Gasteiger partial charge in [-0.25, -0.2) is 4.79 Å². The van der Waals surface area contributed by atoms with Gasteiger partial charge in [0, 0.05) is 24.3 Å². The SMILES string of the molecule is CCCOC(=O)/C=C\C(=O)Cc1ccc(NC(=O)/C=C\C(C)=O)cc1. The summed E-state index contributed by atoms with van der Waals surface area (Å²) in [7, 11) is 0. The number of benzene rings is 1. The molecule has 1 aromatic rings. The molecular formula is C19H21NO5. The van der Waals surface area contributed by atoms with Gasteiger partial charge < -0.3 is 10.1 Å². The van der Waals surface area contributed by atoms with Gasteiger partial charge in [-0.3, -0.25) is 14.4 Å². The van der Waals surface area contributed by atoms with Gasteiger partial charge in [0.2, 0.25) is 5.91 Å². The number of hydrogen-bond donors (Lipinski definition) is 1. The van der Waals surface area contributed by atoms with E-state index in [0.29, 0.717) is 12.3 Å². The van der Waals surface area contributed by atoms with Crippen LogP contribution >= 0.6 is 0 Å². The molecule has 0 radical (unpaired) electrons. The van der Waals surface area contributed by atoms with Crippen LogP contribution in [0.1, 0.15) is 25.8 Å². The lowest BCUT2D eigenvalue weighted by molar-refractivity contribution is -0.138. The zero-order valence-electron chi connectivity index (χ0n) is 14.3. The Hall–Kier alpha value is -3.02. The van der Waals surface area contributed by atoms with Crippen LogP contribution in [0.3, 0.4) is 0 Å². The van der Waals surface area contributed by atoms with Crippen molar-refractivity contribution in [3.8, 4) is 0 Å². The van der Waals surface area contributed by atoms with Crippen molar-refractivity contribution in [1.29, 1.82) is 0 Å². The summed E-state index contributed by atoms with van der Waals surface area (Å²) in [4.78, 5) is 45.4. The van der Waals surface area contributed by atoms with Crippen molar-refractivity contribution < 1.29 is 23.9 Å². The fraction of sp³-hybridized carbons (Fsp3) is 0.263. The van der Waals surface area contributed by atoms with E-state index in [1.54, 1.807) is 24.3 Å². The Balaban J connectivity index is 2.52. The third kappa shape index (κ3) is 9.00. The van der Waals surface area contributed by atoms with Crippen molar-refractivity contribution in [1.82, 2.24) is 0 Å².